The first-order valence-electron chi connectivity index (χ1n) is 5.97. The second kappa shape index (κ2) is 7.98. The van der Waals surface area contributed by atoms with Crippen LogP contribution < -0.4 is 4.74 Å². The van der Waals surface area contributed by atoms with Gasteiger partial charge >= 0.3 is 0 Å². The Morgan fingerprint density at radius 3 is 2.40 bits per heavy atom. The molecule has 0 aliphatic rings. The summed E-state index contributed by atoms with van der Waals surface area (Å²) in [6, 6.07) is 7.38. The summed E-state index contributed by atoms with van der Waals surface area (Å²) >= 11 is 0. The summed E-state index contributed by atoms with van der Waals surface area (Å²) in [5.41, 5.74) is 0.964. The van der Waals surface area contributed by atoms with E-state index < -0.39 is 16.7 Å². The van der Waals surface area contributed by atoms with E-state index in [1.807, 2.05) is 24.3 Å². The molecule has 0 heterocycles. The Bertz CT molecular complexity index is 520. The van der Waals surface area contributed by atoms with Crippen LogP contribution in [0.5, 0.6) is 5.75 Å². The zero-order valence-corrected chi connectivity index (χ0v) is 12.3. The largest absolute Gasteiger partial charge is 0.497 e. The van der Waals surface area contributed by atoms with E-state index in [2.05, 4.69) is 4.18 Å². The molecule has 0 aliphatic heterocycles. The highest BCUT2D eigenvalue weighted by Crippen LogP contribution is 2.11. The van der Waals surface area contributed by atoms with Gasteiger partial charge in [0.15, 0.2) is 5.78 Å². The maximum Gasteiger partial charge on any atom is 0.264 e. The first-order chi connectivity index (χ1) is 9.40. The molecule has 6 nitrogen and oxygen atoms in total. The zero-order chi connectivity index (χ0) is 15.0. The van der Waals surface area contributed by atoms with Gasteiger partial charge < -0.3 is 9.47 Å². The van der Waals surface area contributed by atoms with Gasteiger partial charge in [-0.15, -0.1) is 0 Å². The number of hydrogen-bond donors (Lipinski definition) is 0. The van der Waals surface area contributed by atoms with Crippen molar-refractivity contribution in [1.29, 1.82) is 0 Å². The van der Waals surface area contributed by atoms with Gasteiger partial charge in [-0.25, -0.2) is 0 Å². The van der Waals surface area contributed by atoms with Gasteiger partial charge in [0.05, 0.1) is 26.6 Å². The number of carbonyl (C=O) groups excluding carboxylic acids is 1. The summed E-state index contributed by atoms with van der Waals surface area (Å²) in [6.07, 6.45) is 1.02. The van der Waals surface area contributed by atoms with Crippen LogP contribution in [-0.4, -0.2) is 40.8 Å². The summed E-state index contributed by atoms with van der Waals surface area (Å²) < 4.78 is 36.1. The minimum atomic E-state index is -3.57. The molecule has 0 amide bonds. The Morgan fingerprint density at radius 2 is 1.85 bits per heavy atom. The average molecular weight is 302 g/mol. The average Bonchev–Trinajstić information content (AvgIpc) is 2.41. The van der Waals surface area contributed by atoms with Crippen molar-refractivity contribution in [2.45, 2.75) is 13.0 Å². The molecule has 0 atom stereocenters. The summed E-state index contributed by atoms with van der Waals surface area (Å²) in [5, 5.41) is 0. The first-order valence-corrected chi connectivity index (χ1v) is 7.79. The maximum atomic E-state index is 11.3. The molecule has 0 unspecified atom stereocenters. The molecule has 0 saturated carbocycles. The highest BCUT2D eigenvalue weighted by molar-refractivity contribution is 7.86. The monoisotopic (exact) mass is 302 g/mol. The summed E-state index contributed by atoms with van der Waals surface area (Å²) in [4.78, 5) is 11.3. The second-order valence-electron chi connectivity index (χ2n) is 4.16. The molecule has 1 aromatic carbocycles. The summed E-state index contributed by atoms with van der Waals surface area (Å²) in [6.45, 7) is 0.160. The summed E-state index contributed by atoms with van der Waals surface area (Å²) in [5.74, 6) is 0.451. The van der Waals surface area contributed by atoms with Crippen LogP contribution in [0.2, 0.25) is 0 Å². The smallest absolute Gasteiger partial charge is 0.264 e. The van der Waals surface area contributed by atoms with Crippen molar-refractivity contribution in [2.75, 3.05) is 26.6 Å². The molecule has 0 bridgehead atoms. The molecule has 0 radical (unpaired) electrons. The van der Waals surface area contributed by atoms with Crippen molar-refractivity contribution >= 4 is 15.9 Å². The Labute approximate surface area is 118 Å². The van der Waals surface area contributed by atoms with Crippen LogP contribution in [0.3, 0.4) is 0 Å². The molecule has 0 spiro atoms. The molecule has 1 rings (SSSR count). The number of rotatable bonds is 9. The third-order valence-corrected chi connectivity index (χ3v) is 2.93. The molecular weight excluding hydrogens is 284 g/mol. The minimum Gasteiger partial charge on any atom is -0.497 e. The van der Waals surface area contributed by atoms with Crippen LogP contribution >= 0.6 is 0 Å². The van der Waals surface area contributed by atoms with Gasteiger partial charge in [0.2, 0.25) is 0 Å². The van der Waals surface area contributed by atoms with Crippen molar-refractivity contribution in [3.8, 4) is 5.75 Å². The molecule has 0 N–H and O–H groups in total. The standard InChI is InChI=1S/C13H18O6S/c1-17-13-5-3-11(4-6-13)9-18-8-7-12(14)10-19-20(2,15)16/h3-6H,7-10H2,1-2H3. The number of hydrogen-bond acceptors (Lipinski definition) is 6. The fourth-order valence-electron chi connectivity index (χ4n) is 1.34. The molecule has 1 aromatic rings. The first kappa shape index (κ1) is 16.6. The fourth-order valence-corrected chi connectivity index (χ4v) is 1.69. The van der Waals surface area contributed by atoms with E-state index in [-0.39, 0.29) is 18.8 Å². The Hall–Kier alpha value is -1.44. The number of benzene rings is 1. The van der Waals surface area contributed by atoms with Crippen molar-refractivity contribution in [3.63, 3.8) is 0 Å². The van der Waals surface area contributed by atoms with Crippen LogP contribution in [0.4, 0.5) is 0 Å². The molecule has 7 heteroatoms. The van der Waals surface area contributed by atoms with Gasteiger partial charge in [-0.1, -0.05) is 12.1 Å². The lowest BCUT2D eigenvalue weighted by Gasteiger charge is -2.05. The number of methoxy groups -OCH3 is 1. The van der Waals surface area contributed by atoms with Gasteiger partial charge in [0, 0.05) is 6.42 Å². The molecule has 0 aromatic heterocycles. The van der Waals surface area contributed by atoms with E-state index in [4.69, 9.17) is 9.47 Å². The summed E-state index contributed by atoms with van der Waals surface area (Å²) in [7, 11) is -1.98. The van der Waals surface area contributed by atoms with Gasteiger partial charge in [-0.05, 0) is 17.7 Å². The minimum absolute atomic E-state index is 0.117. The third kappa shape index (κ3) is 7.22. The molecule has 0 fully saturated rings. The Morgan fingerprint density at radius 1 is 1.20 bits per heavy atom. The topological polar surface area (TPSA) is 78.9 Å². The molecular formula is C13H18O6S. The van der Waals surface area contributed by atoms with Gasteiger partial charge in [-0.3, -0.25) is 8.98 Å². The Balaban J connectivity index is 2.19. The normalized spacial score (nSPS) is 11.3. The van der Waals surface area contributed by atoms with E-state index >= 15 is 0 Å². The number of ketones is 1. The molecule has 112 valence electrons. The second-order valence-corrected chi connectivity index (χ2v) is 5.80. The molecule has 20 heavy (non-hydrogen) atoms. The highest BCUT2D eigenvalue weighted by Gasteiger charge is 2.07. The van der Waals surface area contributed by atoms with Crippen LogP contribution in [-0.2, 0) is 30.4 Å². The predicted octanol–water partition coefficient (Wildman–Crippen LogP) is 1.15. The van der Waals surface area contributed by atoms with Crippen LogP contribution in [0.15, 0.2) is 24.3 Å². The van der Waals surface area contributed by atoms with E-state index in [1.165, 1.54) is 0 Å². The van der Waals surface area contributed by atoms with E-state index in [9.17, 15) is 13.2 Å². The van der Waals surface area contributed by atoms with Crippen LogP contribution in [0, 0.1) is 0 Å². The van der Waals surface area contributed by atoms with E-state index in [0.717, 1.165) is 17.6 Å². The SMILES string of the molecule is COc1ccc(COCCC(=O)COS(C)(=O)=O)cc1. The van der Waals surface area contributed by atoms with Crippen LogP contribution in [0.1, 0.15) is 12.0 Å². The van der Waals surface area contributed by atoms with Gasteiger partial charge in [-0.2, -0.15) is 8.42 Å². The fraction of sp³-hybridized carbons (Fsp3) is 0.462. The lowest BCUT2D eigenvalue weighted by Crippen LogP contribution is -2.14. The lowest BCUT2D eigenvalue weighted by atomic mass is 10.2. The maximum absolute atomic E-state index is 11.3. The highest BCUT2D eigenvalue weighted by atomic mass is 32.2. The van der Waals surface area contributed by atoms with Crippen molar-refractivity contribution in [1.82, 2.24) is 0 Å². The van der Waals surface area contributed by atoms with Crippen molar-refractivity contribution < 1.29 is 26.9 Å². The number of ether oxygens (including phenoxy) is 2. The lowest BCUT2D eigenvalue weighted by molar-refractivity contribution is -0.122. The van der Waals surface area contributed by atoms with Gasteiger partial charge in [0.1, 0.15) is 12.4 Å². The molecule has 0 saturated heterocycles. The third-order valence-electron chi connectivity index (χ3n) is 2.39. The van der Waals surface area contributed by atoms with Crippen LogP contribution in [0.25, 0.3) is 0 Å². The predicted molar refractivity (Wildman–Crippen MR) is 73.1 cm³/mol. The van der Waals surface area contributed by atoms with Crippen molar-refractivity contribution in [2.24, 2.45) is 0 Å². The van der Waals surface area contributed by atoms with E-state index in [0.29, 0.717) is 6.61 Å². The Kier molecular flexibility index (Phi) is 6.63. The van der Waals surface area contributed by atoms with E-state index in [1.54, 1.807) is 7.11 Å². The van der Waals surface area contributed by atoms with Gasteiger partial charge in [0.25, 0.3) is 10.1 Å². The quantitative estimate of drug-likeness (QED) is 0.503. The number of carbonyl (C=O) groups is 1. The zero-order valence-electron chi connectivity index (χ0n) is 11.5. The molecule has 0 aliphatic carbocycles. The number of Topliss-reactive ketones (excluding diaryl/α,β-unsaturated/α-hetero) is 1. The van der Waals surface area contributed by atoms with Crippen molar-refractivity contribution in [3.05, 3.63) is 29.8 Å².